The average molecular weight is 281 g/mol. The van der Waals surface area contributed by atoms with Crippen LogP contribution in [0.25, 0.3) is 0 Å². The first kappa shape index (κ1) is 15.4. The number of halogens is 2. The number of benzene rings is 1. The van der Waals surface area contributed by atoms with E-state index in [1.807, 2.05) is 6.92 Å². The van der Waals surface area contributed by atoms with Crippen molar-refractivity contribution in [3.63, 3.8) is 0 Å². The molecule has 112 valence electrons. The zero-order valence-corrected chi connectivity index (χ0v) is 12.8. The SMILES string of the molecule is CC1CC(NC(C)c2ccc(F)c(F)c2)CC(C)(C)C1. The zero-order valence-electron chi connectivity index (χ0n) is 12.8. The van der Waals surface area contributed by atoms with Crippen molar-refractivity contribution in [3.05, 3.63) is 35.4 Å². The van der Waals surface area contributed by atoms with Gasteiger partial charge in [0.25, 0.3) is 0 Å². The summed E-state index contributed by atoms with van der Waals surface area (Å²) in [6.07, 6.45) is 3.54. The Morgan fingerprint density at radius 2 is 1.90 bits per heavy atom. The molecule has 1 aromatic rings. The smallest absolute Gasteiger partial charge is 0.159 e. The molecule has 1 fully saturated rings. The lowest BCUT2D eigenvalue weighted by molar-refractivity contribution is 0.145. The highest BCUT2D eigenvalue weighted by Gasteiger charge is 2.32. The Bertz CT molecular complexity index is 470. The second-order valence-corrected chi connectivity index (χ2v) is 7.17. The second kappa shape index (κ2) is 5.80. The van der Waals surface area contributed by atoms with Crippen molar-refractivity contribution < 1.29 is 8.78 Å². The van der Waals surface area contributed by atoms with Gasteiger partial charge in [0.15, 0.2) is 11.6 Å². The molecular weight excluding hydrogens is 256 g/mol. The van der Waals surface area contributed by atoms with Gasteiger partial charge in [-0.25, -0.2) is 8.78 Å². The molecule has 1 aliphatic carbocycles. The maximum Gasteiger partial charge on any atom is 0.159 e. The first-order valence-electron chi connectivity index (χ1n) is 7.48. The molecule has 1 nitrogen and oxygen atoms in total. The Kier molecular flexibility index (Phi) is 4.48. The molecule has 0 heterocycles. The van der Waals surface area contributed by atoms with Crippen molar-refractivity contribution >= 4 is 0 Å². The van der Waals surface area contributed by atoms with Crippen molar-refractivity contribution in [2.24, 2.45) is 11.3 Å². The summed E-state index contributed by atoms with van der Waals surface area (Å²) in [6.45, 7) is 8.91. The van der Waals surface area contributed by atoms with E-state index < -0.39 is 11.6 Å². The van der Waals surface area contributed by atoms with Crippen LogP contribution in [0.4, 0.5) is 8.78 Å². The lowest BCUT2D eigenvalue weighted by Gasteiger charge is -2.40. The Balaban J connectivity index is 2.03. The van der Waals surface area contributed by atoms with Gasteiger partial charge in [0.1, 0.15) is 0 Å². The summed E-state index contributed by atoms with van der Waals surface area (Å²) < 4.78 is 26.3. The van der Waals surface area contributed by atoms with Gasteiger partial charge in [0, 0.05) is 12.1 Å². The van der Waals surface area contributed by atoms with Crippen LogP contribution in [0.15, 0.2) is 18.2 Å². The van der Waals surface area contributed by atoms with Gasteiger partial charge in [-0.2, -0.15) is 0 Å². The van der Waals surface area contributed by atoms with Crippen molar-refractivity contribution in [1.82, 2.24) is 5.32 Å². The topological polar surface area (TPSA) is 12.0 Å². The molecule has 0 radical (unpaired) electrons. The molecule has 20 heavy (non-hydrogen) atoms. The van der Waals surface area contributed by atoms with Gasteiger partial charge in [-0.05, 0) is 55.2 Å². The van der Waals surface area contributed by atoms with Gasteiger partial charge >= 0.3 is 0 Å². The predicted octanol–water partition coefficient (Wildman–Crippen LogP) is 4.83. The van der Waals surface area contributed by atoms with Crippen LogP contribution < -0.4 is 5.32 Å². The van der Waals surface area contributed by atoms with Crippen LogP contribution in [0.5, 0.6) is 0 Å². The summed E-state index contributed by atoms with van der Waals surface area (Å²) in [5.74, 6) is -0.852. The minimum absolute atomic E-state index is 0.0381. The van der Waals surface area contributed by atoms with E-state index in [0.717, 1.165) is 18.4 Å². The predicted molar refractivity (Wildman–Crippen MR) is 78.5 cm³/mol. The minimum Gasteiger partial charge on any atom is -0.307 e. The monoisotopic (exact) mass is 281 g/mol. The maximum absolute atomic E-state index is 13.3. The molecule has 0 aliphatic heterocycles. The van der Waals surface area contributed by atoms with E-state index in [1.165, 1.54) is 18.6 Å². The van der Waals surface area contributed by atoms with Crippen LogP contribution in [0.2, 0.25) is 0 Å². The lowest BCUT2D eigenvalue weighted by Crippen LogP contribution is -2.41. The van der Waals surface area contributed by atoms with Gasteiger partial charge in [0.05, 0.1) is 0 Å². The Hall–Kier alpha value is -0.960. The van der Waals surface area contributed by atoms with E-state index in [0.29, 0.717) is 17.4 Å². The molecule has 3 unspecified atom stereocenters. The summed E-state index contributed by atoms with van der Waals surface area (Å²) in [6, 6.07) is 4.64. The molecule has 0 amide bonds. The summed E-state index contributed by atoms with van der Waals surface area (Å²) >= 11 is 0. The van der Waals surface area contributed by atoms with Crippen molar-refractivity contribution in [1.29, 1.82) is 0 Å². The van der Waals surface area contributed by atoms with E-state index in [1.54, 1.807) is 6.07 Å². The van der Waals surface area contributed by atoms with Gasteiger partial charge in [-0.3, -0.25) is 0 Å². The first-order valence-corrected chi connectivity index (χ1v) is 7.48. The van der Waals surface area contributed by atoms with Crippen LogP contribution >= 0.6 is 0 Å². The van der Waals surface area contributed by atoms with Crippen molar-refractivity contribution in [3.8, 4) is 0 Å². The summed E-state index contributed by atoms with van der Waals surface area (Å²) in [7, 11) is 0. The number of nitrogens with one attached hydrogen (secondary N) is 1. The quantitative estimate of drug-likeness (QED) is 0.836. The number of hydrogen-bond donors (Lipinski definition) is 1. The number of rotatable bonds is 3. The van der Waals surface area contributed by atoms with Gasteiger partial charge in [0.2, 0.25) is 0 Å². The molecule has 1 saturated carbocycles. The highest BCUT2D eigenvalue weighted by Crippen LogP contribution is 2.39. The summed E-state index contributed by atoms with van der Waals surface area (Å²) in [5.41, 5.74) is 1.16. The van der Waals surface area contributed by atoms with Gasteiger partial charge in [-0.1, -0.05) is 26.8 Å². The third-order valence-corrected chi connectivity index (χ3v) is 4.32. The maximum atomic E-state index is 13.3. The minimum atomic E-state index is -0.784. The molecule has 1 N–H and O–H groups in total. The Morgan fingerprint density at radius 3 is 2.50 bits per heavy atom. The summed E-state index contributed by atoms with van der Waals surface area (Å²) in [5, 5.41) is 3.58. The first-order chi connectivity index (χ1) is 9.27. The van der Waals surface area contributed by atoms with Crippen LogP contribution in [-0.4, -0.2) is 6.04 Å². The molecule has 0 spiro atoms. The largest absolute Gasteiger partial charge is 0.307 e. The van der Waals surface area contributed by atoms with E-state index >= 15 is 0 Å². The third-order valence-electron chi connectivity index (χ3n) is 4.32. The zero-order chi connectivity index (χ0) is 14.9. The Labute approximate surface area is 120 Å². The fourth-order valence-corrected chi connectivity index (χ4v) is 3.70. The highest BCUT2D eigenvalue weighted by molar-refractivity contribution is 5.21. The molecule has 0 saturated heterocycles. The average Bonchev–Trinajstić information content (AvgIpc) is 2.29. The molecule has 3 atom stereocenters. The second-order valence-electron chi connectivity index (χ2n) is 7.17. The van der Waals surface area contributed by atoms with Gasteiger partial charge < -0.3 is 5.32 Å². The van der Waals surface area contributed by atoms with Crippen LogP contribution in [-0.2, 0) is 0 Å². The molecule has 0 bridgehead atoms. The molecule has 0 aromatic heterocycles. The van der Waals surface area contributed by atoms with Crippen molar-refractivity contribution in [2.45, 2.75) is 59.0 Å². The van der Waals surface area contributed by atoms with Crippen LogP contribution in [0.3, 0.4) is 0 Å². The normalized spacial score (nSPS) is 27.3. The highest BCUT2D eigenvalue weighted by atomic mass is 19.2. The van der Waals surface area contributed by atoms with Gasteiger partial charge in [-0.15, -0.1) is 0 Å². The molecule has 1 aliphatic rings. The third kappa shape index (κ3) is 3.78. The fourth-order valence-electron chi connectivity index (χ4n) is 3.70. The summed E-state index contributed by atoms with van der Waals surface area (Å²) in [4.78, 5) is 0. The lowest BCUT2D eigenvalue weighted by atomic mass is 9.70. The van der Waals surface area contributed by atoms with Crippen LogP contribution in [0.1, 0.15) is 58.6 Å². The van der Waals surface area contributed by atoms with E-state index in [2.05, 4.69) is 26.1 Å². The van der Waals surface area contributed by atoms with Crippen molar-refractivity contribution in [2.75, 3.05) is 0 Å². The molecule has 3 heteroatoms. The van der Waals surface area contributed by atoms with E-state index in [-0.39, 0.29) is 6.04 Å². The van der Waals surface area contributed by atoms with Crippen LogP contribution in [0, 0.1) is 23.0 Å². The van der Waals surface area contributed by atoms with E-state index in [4.69, 9.17) is 0 Å². The molecular formula is C17H25F2N. The standard InChI is InChI=1S/C17H25F2N/c1-11-7-14(10-17(3,4)9-11)20-12(2)13-5-6-15(18)16(19)8-13/h5-6,8,11-12,14,20H,7,9-10H2,1-4H3. The number of hydrogen-bond acceptors (Lipinski definition) is 1. The Morgan fingerprint density at radius 1 is 1.20 bits per heavy atom. The molecule has 1 aromatic carbocycles. The molecule has 2 rings (SSSR count). The fraction of sp³-hybridized carbons (Fsp3) is 0.647. The van der Waals surface area contributed by atoms with E-state index in [9.17, 15) is 8.78 Å².